The molecule has 36 heavy (non-hydrogen) atoms. The zero-order chi connectivity index (χ0) is 25.7. The predicted octanol–water partition coefficient (Wildman–Crippen LogP) is 4.11. The SMILES string of the molecule is COC(=O)c1c(N2C(=O)[C@H]3[C@@H](c4cccc([N+](=O)[O-])c4)N(c4ccccc4)O[C@H]3C2=O)sc(C)c1C. The molecule has 184 valence electrons. The van der Waals surface area contributed by atoms with E-state index in [0.717, 1.165) is 21.1 Å². The minimum Gasteiger partial charge on any atom is -0.465 e. The number of aryl methyl sites for hydroxylation is 1. The maximum Gasteiger partial charge on any atom is 0.341 e. The first-order valence-corrected chi connectivity index (χ1v) is 11.9. The number of nitro groups is 1. The number of hydrogen-bond acceptors (Lipinski definition) is 9. The Bertz CT molecular complexity index is 1400. The van der Waals surface area contributed by atoms with Gasteiger partial charge in [0.05, 0.1) is 29.3 Å². The van der Waals surface area contributed by atoms with E-state index in [4.69, 9.17) is 9.57 Å². The van der Waals surface area contributed by atoms with Gasteiger partial charge >= 0.3 is 5.97 Å². The van der Waals surface area contributed by atoms with Gasteiger partial charge in [0.15, 0.2) is 6.10 Å². The Balaban J connectivity index is 1.63. The summed E-state index contributed by atoms with van der Waals surface area (Å²) >= 11 is 1.15. The van der Waals surface area contributed by atoms with Crippen molar-refractivity contribution in [3.05, 3.63) is 86.3 Å². The number of hydrogen-bond donors (Lipinski definition) is 0. The Hall–Kier alpha value is -4.09. The molecule has 3 aromatic rings. The lowest BCUT2D eigenvalue weighted by Crippen LogP contribution is -2.37. The minimum absolute atomic E-state index is 0.143. The largest absolute Gasteiger partial charge is 0.465 e. The molecule has 10 nitrogen and oxygen atoms in total. The van der Waals surface area contributed by atoms with Gasteiger partial charge in [-0.2, -0.15) is 0 Å². The summed E-state index contributed by atoms with van der Waals surface area (Å²) in [6.07, 6.45) is -1.17. The van der Waals surface area contributed by atoms with Crippen molar-refractivity contribution in [3.8, 4) is 0 Å². The summed E-state index contributed by atoms with van der Waals surface area (Å²) in [5, 5.41) is 13.1. The van der Waals surface area contributed by atoms with Gasteiger partial charge in [-0.15, -0.1) is 11.3 Å². The van der Waals surface area contributed by atoms with E-state index in [2.05, 4.69) is 0 Å². The maximum atomic E-state index is 13.9. The Morgan fingerprint density at radius 2 is 1.81 bits per heavy atom. The topological polar surface area (TPSA) is 119 Å². The zero-order valence-electron chi connectivity index (χ0n) is 19.5. The van der Waals surface area contributed by atoms with Crippen LogP contribution in [0, 0.1) is 29.9 Å². The minimum atomic E-state index is -1.17. The maximum absolute atomic E-state index is 13.9. The molecule has 3 heterocycles. The highest BCUT2D eigenvalue weighted by Gasteiger charge is 2.61. The Morgan fingerprint density at radius 3 is 2.47 bits per heavy atom. The summed E-state index contributed by atoms with van der Waals surface area (Å²) in [5.41, 5.74) is 1.69. The van der Waals surface area contributed by atoms with E-state index in [9.17, 15) is 24.5 Å². The molecule has 3 atom stereocenters. The molecule has 2 aliphatic rings. The number of thiophene rings is 1. The second-order valence-corrected chi connectivity index (χ2v) is 9.68. The summed E-state index contributed by atoms with van der Waals surface area (Å²) in [6.45, 7) is 3.52. The Morgan fingerprint density at radius 1 is 1.08 bits per heavy atom. The first-order chi connectivity index (χ1) is 17.2. The van der Waals surface area contributed by atoms with Crippen molar-refractivity contribution in [2.75, 3.05) is 17.1 Å². The number of carbonyl (C=O) groups excluding carboxylic acids is 3. The summed E-state index contributed by atoms with van der Waals surface area (Å²) < 4.78 is 4.91. The fourth-order valence-corrected chi connectivity index (χ4v) is 5.84. The van der Waals surface area contributed by atoms with Gasteiger partial charge in [-0.25, -0.2) is 14.8 Å². The van der Waals surface area contributed by atoms with Crippen LogP contribution in [-0.2, 0) is 19.2 Å². The quantitative estimate of drug-likeness (QED) is 0.219. The molecule has 1 aromatic heterocycles. The number of fused-ring (bicyclic) bond motifs is 1. The van der Waals surface area contributed by atoms with Gasteiger partial charge in [0.2, 0.25) is 5.91 Å². The van der Waals surface area contributed by atoms with Gasteiger partial charge in [-0.1, -0.05) is 30.3 Å². The fraction of sp³-hybridized carbons (Fsp3) is 0.240. The number of methoxy groups -OCH3 is 1. The number of rotatable bonds is 5. The molecule has 2 aliphatic heterocycles. The van der Waals surface area contributed by atoms with Crippen LogP contribution in [0.15, 0.2) is 54.6 Å². The van der Waals surface area contributed by atoms with E-state index in [1.54, 1.807) is 44.2 Å². The third-order valence-electron chi connectivity index (χ3n) is 6.51. The van der Waals surface area contributed by atoms with E-state index in [-0.39, 0.29) is 16.3 Å². The number of non-ortho nitro benzene ring substituents is 1. The van der Waals surface area contributed by atoms with E-state index < -0.39 is 40.8 Å². The van der Waals surface area contributed by atoms with Crippen molar-refractivity contribution in [2.24, 2.45) is 5.92 Å². The molecule has 0 radical (unpaired) electrons. The fourth-order valence-electron chi connectivity index (χ4n) is 4.68. The van der Waals surface area contributed by atoms with Crippen LogP contribution in [0.3, 0.4) is 0 Å². The van der Waals surface area contributed by atoms with Crippen LogP contribution in [0.1, 0.15) is 32.4 Å². The second kappa shape index (κ2) is 8.85. The van der Waals surface area contributed by atoms with Crippen LogP contribution in [-0.4, -0.2) is 35.9 Å². The molecule has 0 aliphatic carbocycles. The number of imide groups is 1. The first kappa shape index (κ1) is 23.6. The summed E-state index contributed by atoms with van der Waals surface area (Å²) in [4.78, 5) is 58.8. The molecule has 5 rings (SSSR count). The summed E-state index contributed by atoms with van der Waals surface area (Å²) in [7, 11) is 1.24. The number of amides is 2. The lowest BCUT2D eigenvalue weighted by atomic mass is 9.90. The third kappa shape index (κ3) is 3.55. The van der Waals surface area contributed by atoms with Crippen molar-refractivity contribution in [1.29, 1.82) is 0 Å². The van der Waals surface area contributed by atoms with Crippen molar-refractivity contribution in [3.63, 3.8) is 0 Å². The number of hydroxylamine groups is 1. The van der Waals surface area contributed by atoms with Gasteiger partial charge in [0, 0.05) is 17.0 Å². The number of anilines is 2. The van der Waals surface area contributed by atoms with E-state index in [0.29, 0.717) is 16.8 Å². The summed E-state index contributed by atoms with van der Waals surface area (Å²) in [5.74, 6) is -2.80. The number of nitrogens with zero attached hydrogens (tertiary/aromatic N) is 3. The Kier molecular flexibility index (Phi) is 5.81. The van der Waals surface area contributed by atoms with Crippen LogP contribution in [0.25, 0.3) is 0 Å². The molecule has 2 saturated heterocycles. The zero-order valence-corrected chi connectivity index (χ0v) is 20.4. The third-order valence-corrected chi connectivity index (χ3v) is 7.70. The van der Waals surface area contributed by atoms with Crippen molar-refractivity contribution < 1.29 is 28.9 Å². The highest BCUT2D eigenvalue weighted by molar-refractivity contribution is 7.17. The number of nitro benzene ring substituents is 1. The molecule has 0 spiro atoms. The standard InChI is InChI=1S/C25H21N3O7S/c1-13-14(2)36-24(18(13)25(31)34-3)26-22(29)19-20(15-8-7-11-17(12-15)28(32)33)27(35-21(19)23(26)30)16-9-5-4-6-10-16/h4-12,19-21H,1-3H3/t19-,20+,21+/m0/s1. The molecule has 2 fully saturated rings. The van der Waals surface area contributed by atoms with Crippen LogP contribution in [0.4, 0.5) is 16.4 Å². The van der Waals surface area contributed by atoms with Gasteiger partial charge in [0.25, 0.3) is 11.6 Å². The van der Waals surface area contributed by atoms with Crippen molar-refractivity contribution in [2.45, 2.75) is 26.0 Å². The molecule has 2 aromatic carbocycles. The predicted molar refractivity (Wildman–Crippen MR) is 131 cm³/mol. The first-order valence-electron chi connectivity index (χ1n) is 11.1. The molecule has 0 bridgehead atoms. The highest BCUT2D eigenvalue weighted by atomic mass is 32.1. The van der Waals surface area contributed by atoms with Crippen LogP contribution >= 0.6 is 11.3 Å². The molecular weight excluding hydrogens is 486 g/mol. The van der Waals surface area contributed by atoms with Gasteiger partial charge in [-0.3, -0.25) is 24.5 Å². The highest BCUT2D eigenvalue weighted by Crippen LogP contribution is 2.49. The number of para-hydroxylation sites is 1. The van der Waals surface area contributed by atoms with E-state index in [1.165, 1.54) is 30.4 Å². The van der Waals surface area contributed by atoms with Crippen molar-refractivity contribution >= 4 is 45.5 Å². The lowest BCUT2D eigenvalue weighted by molar-refractivity contribution is -0.384. The average molecular weight is 508 g/mol. The molecule has 0 saturated carbocycles. The van der Waals surface area contributed by atoms with Gasteiger partial charge in [-0.05, 0) is 37.1 Å². The van der Waals surface area contributed by atoms with E-state index >= 15 is 0 Å². The molecular formula is C25H21N3O7S. The number of carbonyl (C=O) groups is 3. The van der Waals surface area contributed by atoms with Crippen LogP contribution in [0.2, 0.25) is 0 Å². The van der Waals surface area contributed by atoms with Crippen molar-refractivity contribution in [1.82, 2.24) is 0 Å². The smallest absolute Gasteiger partial charge is 0.341 e. The Labute approximate surface area is 209 Å². The monoisotopic (exact) mass is 507 g/mol. The van der Waals surface area contributed by atoms with Crippen LogP contribution in [0.5, 0.6) is 0 Å². The average Bonchev–Trinajstić information content (AvgIpc) is 3.49. The lowest BCUT2D eigenvalue weighted by Gasteiger charge is -2.28. The van der Waals surface area contributed by atoms with Crippen LogP contribution < -0.4 is 9.96 Å². The number of ether oxygens (including phenoxy) is 1. The number of benzene rings is 2. The number of esters is 1. The van der Waals surface area contributed by atoms with Gasteiger partial charge in [0.1, 0.15) is 10.9 Å². The summed E-state index contributed by atoms with van der Waals surface area (Å²) in [6, 6.07) is 14.0. The van der Waals surface area contributed by atoms with Gasteiger partial charge < -0.3 is 4.74 Å². The normalized spacial score (nSPS) is 21.1. The van der Waals surface area contributed by atoms with E-state index in [1.807, 2.05) is 6.07 Å². The molecule has 2 amide bonds. The molecule has 0 N–H and O–H groups in total. The molecule has 11 heteroatoms. The second-order valence-electron chi connectivity index (χ2n) is 8.48. The molecule has 0 unspecified atom stereocenters.